The molecule has 21 nitrogen and oxygen atoms in total. The van der Waals surface area contributed by atoms with Crippen molar-refractivity contribution in [3.05, 3.63) is 399 Å². The molecule has 0 fully saturated rings. The highest BCUT2D eigenvalue weighted by Crippen LogP contribution is 2.28. The Morgan fingerprint density at radius 3 is 1.06 bits per heavy atom. The number of benzene rings is 8. The van der Waals surface area contributed by atoms with Crippen LogP contribution >= 0.6 is 0 Å². The number of ether oxygens (including phenoxy) is 1. The summed E-state index contributed by atoms with van der Waals surface area (Å²) in [7, 11) is 1.58. The molecule has 1 aliphatic heterocycles. The average Bonchev–Trinajstić information content (AvgIpc) is 1.22. The molecule has 21 heteroatoms. The standard InChI is InChI=1S/C17H22N2O.C16H20N2.2C16H19NO.2C15H18N2O2.C14H18N2.C12H16N2/c1-12(2)5-6-14-7-9-15(10-8-14)16-11-18-17(20-4)19-13(16)3;1-12(2)4-5-14-6-8-15(9-7-14)16-10-17-13(3)18-11-16;1-12(2)3-4-13-5-7-14(8-6-13)15-9-10-17-16(18)11-15;1-12(2)3-4-13-5-7-14(8-6-13)15-9-10-16(18)17-11-15;2*1-10(2)3-4-11-5-7-12(8-6-11)13-9-16-15(19)17-14(13)18;1-11(2)3-4-12-5-7-13(8-6-12)14-9-15-16-10-14;1-9(2)7-8-12-13-10-5-3-4-6-11(10)14-12/h7-12H,5-6H2,1-4H3;6-12,17H,3-5H2,1-2H3;2*5-12H,3-4H2,1-2H3,(H,17,18);2*5-10H,3-4H2,1-2H3,(H2,16,17,18,19);5-11H,3-4H2,1-2H3,(H,15,16);3-6,9H,7-8H2,1-2H3,(H,13,14). The van der Waals surface area contributed by atoms with E-state index in [1.807, 2.05) is 117 Å². The van der Waals surface area contributed by atoms with Crippen molar-refractivity contribution in [2.24, 2.45) is 52.3 Å². The lowest BCUT2D eigenvalue weighted by Gasteiger charge is -2.10. The van der Waals surface area contributed by atoms with E-state index >= 15 is 0 Å². The predicted molar refractivity (Wildman–Crippen MR) is 591 cm³/mol. The molecule has 0 aliphatic carbocycles. The van der Waals surface area contributed by atoms with Crippen LogP contribution < -0.4 is 43.7 Å². The van der Waals surface area contributed by atoms with E-state index in [0.717, 1.165) is 171 Å². The second kappa shape index (κ2) is 58.6. The molecular weight excluding hydrogens is 1760 g/mol. The zero-order valence-electron chi connectivity index (χ0n) is 86.7. The Hall–Kier alpha value is -14.5. The highest BCUT2D eigenvalue weighted by atomic mass is 16.5. The van der Waals surface area contributed by atoms with E-state index in [-0.39, 0.29) is 22.2 Å². The first kappa shape index (κ1) is 111. The van der Waals surface area contributed by atoms with Crippen LogP contribution in [-0.4, -0.2) is 73.4 Å². The van der Waals surface area contributed by atoms with Crippen LogP contribution in [0.4, 0.5) is 0 Å². The number of pyridine rings is 2. The van der Waals surface area contributed by atoms with Crippen LogP contribution in [0.15, 0.2) is 314 Å². The first-order chi connectivity index (χ1) is 68.2. The number of hydrogen-bond donors (Lipinski definition) is 9. The molecule has 0 spiro atoms. The fourth-order valence-electron chi connectivity index (χ4n) is 15.0. The lowest BCUT2D eigenvalue weighted by molar-refractivity contribution is 0.379. The van der Waals surface area contributed by atoms with Gasteiger partial charge < -0.3 is 35.0 Å². The Balaban J connectivity index is 0.000000181. The maximum Gasteiger partial charge on any atom is 0.325 e. The van der Waals surface area contributed by atoms with Crippen LogP contribution in [0.5, 0.6) is 6.01 Å². The summed E-state index contributed by atoms with van der Waals surface area (Å²) in [5, 5.41) is 9.82. The summed E-state index contributed by atoms with van der Waals surface area (Å²) in [6.07, 6.45) is 34.2. The lowest BCUT2D eigenvalue weighted by Crippen LogP contribution is -2.22. The van der Waals surface area contributed by atoms with Crippen LogP contribution in [-0.2, 0) is 51.4 Å². The van der Waals surface area contributed by atoms with Crippen molar-refractivity contribution in [1.82, 2.24) is 65.4 Å². The van der Waals surface area contributed by atoms with Crippen LogP contribution in [0.3, 0.4) is 0 Å². The number of aryl methyl sites for hydroxylation is 9. The Morgan fingerprint density at radius 2 is 0.711 bits per heavy atom. The van der Waals surface area contributed by atoms with Crippen LogP contribution in [0.25, 0.3) is 83.4 Å². The van der Waals surface area contributed by atoms with Crippen molar-refractivity contribution >= 4 is 22.8 Å². The van der Waals surface area contributed by atoms with Gasteiger partial charge in [0.25, 0.3) is 11.1 Å². The number of allylic oxidation sites excluding steroid dienone is 1. The number of hydrogen-bond acceptors (Lipinski definition) is 13. The summed E-state index contributed by atoms with van der Waals surface area (Å²) in [6, 6.07) is 74.5. The predicted octanol–water partition coefficient (Wildman–Crippen LogP) is 26.5. The normalized spacial score (nSPS) is 11.4. The highest BCUT2D eigenvalue weighted by Gasteiger charge is 2.14. The van der Waals surface area contributed by atoms with Gasteiger partial charge in [-0.25, -0.2) is 24.5 Å². The molecule has 1 aliphatic rings. The first-order valence-corrected chi connectivity index (χ1v) is 50.3. The van der Waals surface area contributed by atoms with Crippen LogP contribution in [0.2, 0.25) is 0 Å². The van der Waals surface area contributed by atoms with Crippen molar-refractivity contribution in [3.63, 3.8) is 0 Å². The quantitative estimate of drug-likeness (QED) is 0.0190. The fourth-order valence-corrected chi connectivity index (χ4v) is 15.0. The summed E-state index contributed by atoms with van der Waals surface area (Å²) in [5.74, 6) is 7.65. The van der Waals surface area contributed by atoms with E-state index in [1.54, 1.807) is 31.6 Å². The van der Waals surface area contributed by atoms with E-state index < -0.39 is 11.4 Å². The zero-order valence-corrected chi connectivity index (χ0v) is 86.7. The largest absolute Gasteiger partial charge is 0.467 e. The number of aromatic nitrogens is 12. The SMILES string of the molecule is C=C1N=CC(c2ccc(CCC(C)C)cc2)=CN1.CC(C)CCc1ccc(-c2c[nH]c(=O)[nH]c2=O)cc1.CC(C)CCc1ccc(-c2c[nH]c(=O)[nH]c2=O)cc1.CC(C)CCc1ccc(-c2cc[nH]c(=O)c2)cc1.CC(C)CCc1ccc(-c2ccc(=O)[nH]c2)cc1.CC(C)CCc1ccc(-c2cn[nH]c2)cc1.CC(C)CCc1nc2ccccc2[nH]1.COc1ncc(-c2ccc(CCC(C)C)cc2)c(C)n1. The van der Waals surface area contributed by atoms with E-state index in [9.17, 15) is 28.8 Å². The molecule has 0 bridgehead atoms. The monoisotopic (exact) mass is 1910 g/mol. The van der Waals surface area contributed by atoms with E-state index in [1.165, 1.54) is 107 Å². The van der Waals surface area contributed by atoms with Crippen molar-refractivity contribution in [3.8, 4) is 72.8 Å². The van der Waals surface area contributed by atoms with Gasteiger partial charge >= 0.3 is 17.4 Å². The number of H-pyrrole nitrogens is 8. The lowest BCUT2D eigenvalue weighted by atomic mass is 9.99. The molecule has 0 radical (unpaired) electrons. The molecule has 15 aromatic rings. The molecule has 746 valence electrons. The second-order valence-corrected chi connectivity index (χ2v) is 39.7. The Morgan fingerprint density at radius 1 is 0.338 bits per heavy atom. The van der Waals surface area contributed by atoms with E-state index in [4.69, 9.17) is 4.74 Å². The van der Waals surface area contributed by atoms with Gasteiger partial charge in [-0.3, -0.25) is 34.2 Å². The Labute approximate surface area is 839 Å². The zero-order chi connectivity index (χ0) is 102. The molecule has 8 heterocycles. The maximum absolute atomic E-state index is 11.7. The van der Waals surface area contributed by atoms with E-state index in [2.05, 4.69) is 315 Å². The molecule has 8 aromatic carbocycles. The van der Waals surface area contributed by atoms with Crippen molar-refractivity contribution in [2.75, 3.05) is 7.11 Å². The number of fused-ring (bicyclic) bond motifs is 1. The van der Waals surface area contributed by atoms with Gasteiger partial charge in [0.05, 0.1) is 41.2 Å². The van der Waals surface area contributed by atoms with Crippen LogP contribution in [0, 0.1) is 54.3 Å². The Kier molecular flexibility index (Phi) is 45.8. The smallest absolute Gasteiger partial charge is 0.325 e. The third-order valence-electron chi connectivity index (χ3n) is 24.0. The molecule has 142 heavy (non-hydrogen) atoms. The molecule has 0 saturated heterocycles. The van der Waals surface area contributed by atoms with E-state index in [0.29, 0.717) is 34.8 Å². The number of para-hydroxylation sites is 2. The van der Waals surface area contributed by atoms with Gasteiger partial charge in [-0.1, -0.05) is 299 Å². The summed E-state index contributed by atoms with van der Waals surface area (Å²) in [4.78, 5) is 103. The minimum atomic E-state index is -0.484. The van der Waals surface area contributed by atoms with Gasteiger partial charge in [0.1, 0.15) is 11.6 Å². The summed E-state index contributed by atoms with van der Waals surface area (Å²) in [5.41, 5.74) is 24.5. The van der Waals surface area contributed by atoms with Gasteiger partial charge in [-0.15, -0.1) is 0 Å². The van der Waals surface area contributed by atoms with Gasteiger partial charge in [-0.05, 0) is 264 Å². The Bertz CT molecular complexity index is 6540. The molecule has 0 unspecified atom stereocenters. The second-order valence-electron chi connectivity index (χ2n) is 39.7. The summed E-state index contributed by atoms with van der Waals surface area (Å²) < 4.78 is 5.04. The maximum atomic E-state index is 11.7. The minimum Gasteiger partial charge on any atom is -0.467 e. The minimum absolute atomic E-state index is 0.0589. The topological polar surface area (TPSA) is 314 Å². The summed E-state index contributed by atoms with van der Waals surface area (Å²) in [6.45, 7) is 41.5. The van der Waals surface area contributed by atoms with Gasteiger partial charge in [0.2, 0.25) is 11.1 Å². The third kappa shape index (κ3) is 40.0. The molecule has 0 atom stereocenters. The molecule has 7 aromatic heterocycles. The fraction of sp³-hybridized carbons (Fsp3) is 0.347. The number of nitrogens with one attached hydrogen (secondary N) is 9. The molecule has 0 amide bonds. The van der Waals surface area contributed by atoms with Gasteiger partial charge in [0.15, 0.2) is 0 Å². The number of methoxy groups -OCH3 is 1. The molecular formula is C121H150N14O7. The number of nitrogens with zero attached hydrogens (tertiary/aromatic N) is 5. The highest BCUT2D eigenvalue weighted by molar-refractivity contribution is 6.10. The van der Waals surface area contributed by atoms with Gasteiger partial charge in [0, 0.05) is 84.8 Å². The molecule has 9 N–H and O–H groups in total. The molecule has 16 rings (SSSR count). The van der Waals surface area contributed by atoms with Crippen molar-refractivity contribution in [1.29, 1.82) is 0 Å². The van der Waals surface area contributed by atoms with Gasteiger partial charge in [-0.2, -0.15) is 10.1 Å². The number of imidazole rings is 1. The first-order valence-electron chi connectivity index (χ1n) is 50.3. The number of rotatable bonds is 32. The number of aliphatic imine (C=N–C) groups is 1. The average molecular weight is 1910 g/mol. The van der Waals surface area contributed by atoms with Crippen LogP contribution in [0.1, 0.15) is 218 Å². The molecule has 0 saturated carbocycles. The van der Waals surface area contributed by atoms with Crippen molar-refractivity contribution < 1.29 is 4.74 Å². The third-order valence-corrected chi connectivity index (χ3v) is 24.0. The number of aromatic amines is 8. The summed E-state index contributed by atoms with van der Waals surface area (Å²) >= 11 is 0. The van der Waals surface area contributed by atoms with Crippen molar-refractivity contribution in [2.45, 2.75) is 220 Å².